The third kappa shape index (κ3) is 4.72. The Morgan fingerprint density at radius 2 is 1.88 bits per heavy atom. The first-order chi connectivity index (χ1) is 15.6. The molecule has 0 aliphatic carbocycles. The predicted octanol–water partition coefficient (Wildman–Crippen LogP) is 4.36. The van der Waals surface area contributed by atoms with E-state index in [1.54, 1.807) is 0 Å². The molecule has 2 heterocycles. The number of carbonyl (C=O) groups is 1. The fraction of sp³-hybridized carbons (Fsp3) is 0.273. The van der Waals surface area contributed by atoms with Gasteiger partial charge < -0.3 is 18.2 Å². The van der Waals surface area contributed by atoms with Crippen molar-refractivity contribution >= 4 is 28.1 Å². The summed E-state index contributed by atoms with van der Waals surface area (Å²) < 4.78 is 64.3. The number of rotatable bonds is 4. The second kappa shape index (κ2) is 8.89. The Balaban J connectivity index is 1.57. The van der Waals surface area contributed by atoms with Gasteiger partial charge in [-0.15, -0.1) is 0 Å². The van der Waals surface area contributed by atoms with Gasteiger partial charge in [-0.1, -0.05) is 30.3 Å². The van der Waals surface area contributed by atoms with Crippen LogP contribution in [0.15, 0.2) is 51.7 Å². The zero-order valence-electron chi connectivity index (χ0n) is 17.3. The summed E-state index contributed by atoms with van der Waals surface area (Å²) >= 11 is -3.55. The van der Waals surface area contributed by atoms with Crippen molar-refractivity contribution in [1.82, 2.24) is 4.90 Å². The first-order valence-electron chi connectivity index (χ1n) is 9.86. The van der Waals surface area contributed by atoms with Gasteiger partial charge in [-0.2, -0.15) is 13.2 Å². The van der Waals surface area contributed by atoms with Crippen LogP contribution in [0.5, 0.6) is 5.75 Å². The summed E-state index contributed by atoms with van der Waals surface area (Å²) in [4.78, 5) is 26.5. The molecule has 1 unspecified atom stereocenters. The van der Waals surface area contributed by atoms with Crippen molar-refractivity contribution in [3.63, 3.8) is 0 Å². The molecular formula is C22H18F3NO6S. The van der Waals surface area contributed by atoms with E-state index in [1.165, 1.54) is 24.0 Å². The van der Waals surface area contributed by atoms with Gasteiger partial charge in [0.05, 0.1) is 12.1 Å². The van der Waals surface area contributed by atoms with E-state index in [1.807, 2.05) is 30.3 Å². The third-order valence-corrected chi connectivity index (χ3v) is 5.99. The van der Waals surface area contributed by atoms with Gasteiger partial charge in [0.2, 0.25) is 0 Å². The summed E-state index contributed by atoms with van der Waals surface area (Å²) in [6, 6.07) is 11.9. The van der Waals surface area contributed by atoms with E-state index in [9.17, 15) is 27.0 Å². The van der Waals surface area contributed by atoms with Gasteiger partial charge >= 0.3 is 28.3 Å². The van der Waals surface area contributed by atoms with E-state index < -0.39 is 28.3 Å². The van der Waals surface area contributed by atoms with E-state index in [2.05, 4.69) is 4.18 Å². The van der Waals surface area contributed by atoms with Crippen molar-refractivity contribution in [2.45, 2.75) is 32.0 Å². The molecule has 7 nitrogen and oxygen atoms in total. The SMILES string of the molecule is Cc1c(OS(=O)C(F)(F)F)ccc2c3c(c(=O)oc12)CN(C(=O)OCc1ccccc1)CC3. The molecule has 0 saturated carbocycles. The summed E-state index contributed by atoms with van der Waals surface area (Å²) in [6.45, 7) is 1.78. The van der Waals surface area contributed by atoms with Crippen LogP contribution in [0.4, 0.5) is 18.0 Å². The minimum absolute atomic E-state index is 0.0172. The highest BCUT2D eigenvalue weighted by Crippen LogP contribution is 2.33. The maximum Gasteiger partial charge on any atom is 0.508 e. The van der Waals surface area contributed by atoms with Crippen molar-refractivity contribution in [2.24, 2.45) is 0 Å². The van der Waals surface area contributed by atoms with Gasteiger partial charge in [-0.05, 0) is 36.6 Å². The lowest BCUT2D eigenvalue weighted by Crippen LogP contribution is -2.38. The molecule has 0 spiro atoms. The van der Waals surface area contributed by atoms with E-state index in [-0.39, 0.29) is 42.2 Å². The van der Waals surface area contributed by atoms with E-state index in [0.29, 0.717) is 17.4 Å². The third-order valence-electron chi connectivity index (χ3n) is 5.29. The standard InChI is InChI=1S/C22H18F3NO6S/c1-13-18(32-33(29)22(23,24)25)8-7-16-15-9-10-26(11-17(15)20(27)31-19(13)16)21(28)30-12-14-5-3-2-4-6-14/h2-8H,9-12H2,1H3. The Kier molecular flexibility index (Phi) is 6.15. The Morgan fingerprint density at radius 3 is 2.58 bits per heavy atom. The van der Waals surface area contributed by atoms with Crippen molar-refractivity contribution in [1.29, 1.82) is 0 Å². The number of halogens is 3. The number of ether oxygens (including phenoxy) is 1. The molecule has 1 atom stereocenters. The quantitative estimate of drug-likeness (QED) is 0.515. The molecule has 11 heteroatoms. The molecule has 0 saturated heterocycles. The van der Waals surface area contributed by atoms with Crippen LogP contribution in [0.25, 0.3) is 11.0 Å². The molecule has 2 aromatic carbocycles. The highest BCUT2D eigenvalue weighted by molar-refractivity contribution is 7.81. The zero-order valence-corrected chi connectivity index (χ0v) is 18.1. The van der Waals surface area contributed by atoms with Gasteiger partial charge in [0.1, 0.15) is 17.9 Å². The van der Waals surface area contributed by atoms with Gasteiger partial charge in [0.15, 0.2) is 0 Å². The van der Waals surface area contributed by atoms with Crippen molar-refractivity contribution in [2.75, 3.05) is 6.54 Å². The fourth-order valence-electron chi connectivity index (χ4n) is 3.63. The maximum atomic E-state index is 12.6. The first-order valence-corrected chi connectivity index (χ1v) is 10.9. The lowest BCUT2D eigenvalue weighted by molar-refractivity contribution is -0.0437. The molecule has 1 aromatic heterocycles. The normalized spacial score (nSPS) is 14.6. The minimum atomic E-state index is -5.04. The number of amides is 1. The van der Waals surface area contributed by atoms with E-state index in [0.717, 1.165) is 5.56 Å². The van der Waals surface area contributed by atoms with Crippen molar-refractivity contribution < 1.29 is 35.5 Å². The van der Waals surface area contributed by atoms with Crippen LogP contribution in [0.1, 0.15) is 22.3 Å². The number of benzene rings is 2. The number of hydrogen-bond acceptors (Lipinski definition) is 6. The molecule has 0 bridgehead atoms. The average Bonchev–Trinajstić information content (AvgIpc) is 2.79. The van der Waals surface area contributed by atoms with Crippen LogP contribution in [-0.4, -0.2) is 27.3 Å². The maximum absolute atomic E-state index is 12.6. The average molecular weight is 481 g/mol. The molecule has 1 aliphatic rings. The van der Waals surface area contributed by atoms with Crippen LogP contribution >= 0.6 is 0 Å². The summed E-state index contributed by atoms with van der Waals surface area (Å²) in [5, 5.41) is 0.518. The number of carbonyl (C=O) groups excluding carboxylic acids is 1. The lowest BCUT2D eigenvalue weighted by Gasteiger charge is -2.28. The molecule has 4 rings (SSSR count). The van der Waals surface area contributed by atoms with Gasteiger partial charge in [-0.25, -0.2) is 13.8 Å². The minimum Gasteiger partial charge on any atom is -0.445 e. The van der Waals surface area contributed by atoms with Crippen molar-refractivity contribution in [3.8, 4) is 5.75 Å². The fourth-order valence-corrected chi connectivity index (χ4v) is 4.07. The lowest BCUT2D eigenvalue weighted by atomic mass is 9.96. The molecule has 1 amide bonds. The second-order valence-electron chi connectivity index (χ2n) is 7.39. The molecule has 0 fully saturated rings. The molecule has 33 heavy (non-hydrogen) atoms. The number of alkyl halides is 3. The van der Waals surface area contributed by atoms with Crippen LogP contribution in [0.3, 0.4) is 0 Å². The zero-order chi connectivity index (χ0) is 23.8. The number of aryl methyl sites for hydroxylation is 1. The molecule has 0 radical (unpaired) electrons. The Labute approximate surface area is 188 Å². The highest BCUT2D eigenvalue weighted by atomic mass is 32.2. The Morgan fingerprint density at radius 1 is 1.15 bits per heavy atom. The summed E-state index contributed by atoms with van der Waals surface area (Å²) in [6.07, 6.45) is -0.245. The first kappa shape index (κ1) is 22.8. The summed E-state index contributed by atoms with van der Waals surface area (Å²) in [5.41, 5.74) is -3.84. The Hall–Kier alpha value is -3.34. The number of hydrogen-bond donors (Lipinski definition) is 0. The Bertz CT molecular complexity index is 1290. The molecule has 174 valence electrons. The molecule has 1 aliphatic heterocycles. The number of fused-ring (bicyclic) bond motifs is 3. The van der Waals surface area contributed by atoms with Crippen LogP contribution in [0.2, 0.25) is 0 Å². The van der Waals surface area contributed by atoms with Crippen LogP contribution in [0, 0.1) is 6.92 Å². The van der Waals surface area contributed by atoms with E-state index in [4.69, 9.17) is 9.15 Å². The second-order valence-corrected chi connectivity index (χ2v) is 8.49. The molecular weight excluding hydrogens is 463 g/mol. The smallest absolute Gasteiger partial charge is 0.445 e. The molecule has 0 N–H and O–H groups in total. The van der Waals surface area contributed by atoms with Gasteiger partial charge in [0.25, 0.3) is 0 Å². The van der Waals surface area contributed by atoms with Gasteiger partial charge in [-0.3, -0.25) is 0 Å². The van der Waals surface area contributed by atoms with Crippen molar-refractivity contribution in [3.05, 3.63) is 75.1 Å². The predicted molar refractivity (Wildman–Crippen MR) is 113 cm³/mol. The largest absolute Gasteiger partial charge is 0.508 e. The summed E-state index contributed by atoms with van der Waals surface area (Å²) in [7, 11) is 0. The number of nitrogens with zero attached hydrogens (tertiary/aromatic N) is 1. The van der Waals surface area contributed by atoms with Crippen LogP contribution < -0.4 is 9.81 Å². The van der Waals surface area contributed by atoms with Crippen LogP contribution in [-0.2, 0) is 35.4 Å². The van der Waals surface area contributed by atoms with E-state index >= 15 is 0 Å². The topological polar surface area (TPSA) is 86.1 Å². The highest BCUT2D eigenvalue weighted by Gasteiger charge is 2.40. The molecule has 3 aromatic rings. The van der Waals surface area contributed by atoms with Gasteiger partial charge in [0, 0.05) is 17.5 Å². The summed E-state index contributed by atoms with van der Waals surface area (Å²) in [5.74, 6) is -0.303. The monoisotopic (exact) mass is 481 g/mol.